The summed E-state index contributed by atoms with van der Waals surface area (Å²) in [6.45, 7) is 3.17. The van der Waals surface area contributed by atoms with E-state index in [4.69, 9.17) is 5.11 Å². The van der Waals surface area contributed by atoms with E-state index < -0.39 is 5.97 Å². The monoisotopic (exact) mass is 345 g/mol. The Morgan fingerprint density at radius 2 is 2.04 bits per heavy atom. The number of hydrogen-bond donors (Lipinski definition) is 2. The van der Waals surface area contributed by atoms with Crippen molar-refractivity contribution in [3.05, 3.63) is 35.4 Å². The highest BCUT2D eigenvalue weighted by atomic mass is 16.4. The number of nitrogens with one attached hydrogen (secondary N) is 1. The molecule has 1 aromatic carbocycles. The number of carbonyl (C=O) groups is 3. The van der Waals surface area contributed by atoms with Gasteiger partial charge in [-0.3, -0.25) is 19.3 Å². The van der Waals surface area contributed by atoms with Crippen molar-refractivity contribution in [3.8, 4) is 0 Å². The molecular formula is C18H23N3O4. The highest BCUT2D eigenvalue weighted by Gasteiger charge is 2.35. The number of fused-ring (bicyclic) bond motifs is 1. The Hall–Kier alpha value is -2.41. The van der Waals surface area contributed by atoms with Crippen LogP contribution in [0.15, 0.2) is 24.3 Å². The molecule has 0 atom stereocenters. The second-order valence-electron chi connectivity index (χ2n) is 6.66. The molecule has 1 heterocycles. The summed E-state index contributed by atoms with van der Waals surface area (Å²) in [6, 6.07) is 7.66. The van der Waals surface area contributed by atoms with Gasteiger partial charge < -0.3 is 15.3 Å². The molecule has 7 nitrogen and oxygen atoms in total. The van der Waals surface area contributed by atoms with Crippen LogP contribution in [0.2, 0.25) is 0 Å². The molecule has 1 aliphatic carbocycles. The van der Waals surface area contributed by atoms with Crippen LogP contribution in [0.4, 0.5) is 0 Å². The van der Waals surface area contributed by atoms with Gasteiger partial charge in [0.1, 0.15) is 6.54 Å². The molecule has 1 saturated carbocycles. The summed E-state index contributed by atoms with van der Waals surface area (Å²) in [6.07, 6.45) is 1.50. The van der Waals surface area contributed by atoms with Crippen LogP contribution >= 0.6 is 0 Å². The number of carboxylic acid groups (broad SMARTS) is 1. The molecule has 1 aromatic rings. The molecule has 1 aliphatic heterocycles. The Kier molecular flexibility index (Phi) is 5.03. The number of carboxylic acids is 1. The largest absolute Gasteiger partial charge is 0.480 e. The average Bonchev–Trinajstić information content (AvgIpc) is 2.85. The molecule has 1 fully saturated rings. The number of rotatable bonds is 7. The van der Waals surface area contributed by atoms with Crippen LogP contribution in [0.1, 0.15) is 35.7 Å². The molecule has 25 heavy (non-hydrogen) atoms. The molecular weight excluding hydrogens is 322 g/mol. The Morgan fingerprint density at radius 3 is 2.68 bits per heavy atom. The fraction of sp³-hybridized carbons (Fsp3) is 0.500. The predicted octanol–water partition coefficient (Wildman–Crippen LogP) is 0.696. The van der Waals surface area contributed by atoms with Crippen molar-refractivity contribution < 1.29 is 19.5 Å². The minimum atomic E-state index is -0.832. The van der Waals surface area contributed by atoms with Gasteiger partial charge in [0.15, 0.2) is 0 Å². The van der Waals surface area contributed by atoms with Crippen molar-refractivity contribution in [2.45, 2.75) is 38.4 Å². The smallest absolute Gasteiger partial charge is 0.317 e. The van der Waals surface area contributed by atoms with E-state index in [0.717, 1.165) is 18.4 Å². The van der Waals surface area contributed by atoms with Crippen LogP contribution in [-0.4, -0.2) is 64.4 Å². The van der Waals surface area contributed by atoms with Crippen LogP contribution in [0.3, 0.4) is 0 Å². The molecule has 0 aromatic heterocycles. The summed E-state index contributed by atoms with van der Waals surface area (Å²) in [4.78, 5) is 38.8. The molecule has 2 amide bonds. The standard InChI is InChI=1S/C18H23N3O4/c1-2-20(11-17(23)24)14-7-13(8-14)19-16(22)10-21-9-12-5-3-4-6-15(12)18(21)25/h3-6,13-14H,2,7-11H2,1H3,(H,19,22)(H,23,24). The molecule has 0 saturated heterocycles. The number of hydrogen-bond acceptors (Lipinski definition) is 4. The number of benzene rings is 1. The number of aliphatic carboxylic acids is 1. The molecule has 0 spiro atoms. The lowest BCUT2D eigenvalue weighted by molar-refractivity contribution is -0.139. The van der Waals surface area contributed by atoms with Gasteiger partial charge in [-0.1, -0.05) is 25.1 Å². The van der Waals surface area contributed by atoms with Gasteiger partial charge in [0.25, 0.3) is 5.91 Å². The highest BCUT2D eigenvalue weighted by molar-refractivity contribution is 6.00. The molecule has 2 N–H and O–H groups in total. The van der Waals surface area contributed by atoms with Gasteiger partial charge in [0, 0.05) is 24.2 Å². The molecule has 2 aliphatic rings. The van der Waals surface area contributed by atoms with Crippen molar-refractivity contribution in [2.24, 2.45) is 0 Å². The normalized spacial score (nSPS) is 21.8. The van der Waals surface area contributed by atoms with Gasteiger partial charge in [-0.25, -0.2) is 0 Å². The molecule has 0 bridgehead atoms. The van der Waals surface area contributed by atoms with E-state index in [1.807, 2.05) is 30.0 Å². The summed E-state index contributed by atoms with van der Waals surface area (Å²) in [5.74, 6) is -1.09. The molecule has 3 rings (SSSR count). The first kappa shape index (κ1) is 17.4. The van der Waals surface area contributed by atoms with Gasteiger partial charge in [-0.05, 0) is 31.0 Å². The second kappa shape index (κ2) is 7.23. The van der Waals surface area contributed by atoms with E-state index in [1.54, 1.807) is 11.0 Å². The lowest BCUT2D eigenvalue weighted by Crippen LogP contribution is -2.55. The lowest BCUT2D eigenvalue weighted by Gasteiger charge is -2.42. The average molecular weight is 345 g/mol. The topological polar surface area (TPSA) is 90.0 Å². The van der Waals surface area contributed by atoms with E-state index in [2.05, 4.69) is 5.32 Å². The van der Waals surface area contributed by atoms with Crippen LogP contribution < -0.4 is 5.32 Å². The third-order valence-corrected chi connectivity index (χ3v) is 4.97. The van der Waals surface area contributed by atoms with Crippen molar-refractivity contribution in [1.29, 1.82) is 0 Å². The van der Waals surface area contributed by atoms with Crippen molar-refractivity contribution >= 4 is 17.8 Å². The number of likely N-dealkylation sites (N-methyl/N-ethyl adjacent to an activating group) is 1. The summed E-state index contributed by atoms with van der Waals surface area (Å²) in [5.41, 5.74) is 1.63. The van der Waals surface area contributed by atoms with E-state index in [9.17, 15) is 14.4 Å². The third kappa shape index (κ3) is 3.82. The van der Waals surface area contributed by atoms with E-state index in [-0.39, 0.29) is 37.0 Å². The lowest BCUT2D eigenvalue weighted by atomic mass is 9.85. The van der Waals surface area contributed by atoms with Crippen LogP contribution in [0.5, 0.6) is 0 Å². The maximum Gasteiger partial charge on any atom is 0.317 e. The van der Waals surface area contributed by atoms with Gasteiger partial charge in [-0.2, -0.15) is 0 Å². The van der Waals surface area contributed by atoms with Crippen molar-refractivity contribution in [3.63, 3.8) is 0 Å². The third-order valence-electron chi connectivity index (χ3n) is 4.97. The summed E-state index contributed by atoms with van der Waals surface area (Å²) in [5, 5.41) is 11.9. The molecule has 134 valence electrons. The van der Waals surface area contributed by atoms with Gasteiger partial charge in [0.2, 0.25) is 5.91 Å². The first-order chi connectivity index (χ1) is 12.0. The second-order valence-corrected chi connectivity index (χ2v) is 6.66. The Bertz CT molecular complexity index is 685. The summed E-state index contributed by atoms with van der Waals surface area (Å²) >= 11 is 0. The maximum absolute atomic E-state index is 12.3. The van der Waals surface area contributed by atoms with E-state index in [1.165, 1.54) is 0 Å². The zero-order valence-electron chi connectivity index (χ0n) is 14.3. The number of carbonyl (C=O) groups excluding carboxylic acids is 2. The van der Waals surface area contributed by atoms with Crippen molar-refractivity contribution in [2.75, 3.05) is 19.6 Å². The van der Waals surface area contributed by atoms with Crippen LogP contribution in [0, 0.1) is 0 Å². The van der Waals surface area contributed by atoms with Gasteiger partial charge in [-0.15, -0.1) is 0 Å². The summed E-state index contributed by atoms with van der Waals surface area (Å²) < 4.78 is 0. The van der Waals surface area contributed by atoms with Crippen molar-refractivity contribution in [1.82, 2.24) is 15.1 Å². The fourth-order valence-corrected chi connectivity index (χ4v) is 3.57. The van der Waals surface area contributed by atoms with Crippen LogP contribution in [0.25, 0.3) is 0 Å². The van der Waals surface area contributed by atoms with Gasteiger partial charge in [0.05, 0.1) is 6.54 Å². The molecule has 7 heteroatoms. The zero-order valence-corrected chi connectivity index (χ0v) is 14.3. The van der Waals surface area contributed by atoms with Gasteiger partial charge >= 0.3 is 5.97 Å². The zero-order chi connectivity index (χ0) is 18.0. The Balaban J connectivity index is 1.44. The molecule has 0 radical (unpaired) electrons. The number of amides is 2. The minimum absolute atomic E-state index is 0.0301. The predicted molar refractivity (Wildman–Crippen MR) is 91.0 cm³/mol. The quantitative estimate of drug-likeness (QED) is 0.759. The molecule has 0 unspecified atom stereocenters. The highest BCUT2D eigenvalue weighted by Crippen LogP contribution is 2.26. The maximum atomic E-state index is 12.3. The Morgan fingerprint density at radius 1 is 1.32 bits per heavy atom. The van der Waals surface area contributed by atoms with Crippen LogP contribution in [-0.2, 0) is 16.1 Å². The first-order valence-corrected chi connectivity index (χ1v) is 8.60. The summed E-state index contributed by atoms with van der Waals surface area (Å²) in [7, 11) is 0. The number of nitrogens with zero attached hydrogens (tertiary/aromatic N) is 2. The first-order valence-electron chi connectivity index (χ1n) is 8.60. The van der Waals surface area contributed by atoms with E-state index >= 15 is 0 Å². The van der Waals surface area contributed by atoms with E-state index in [0.29, 0.717) is 18.7 Å². The minimum Gasteiger partial charge on any atom is -0.480 e. The Labute approximate surface area is 146 Å². The fourth-order valence-electron chi connectivity index (χ4n) is 3.57. The SMILES string of the molecule is CCN(CC(=O)O)C1CC(NC(=O)CN2Cc3ccccc3C2=O)C1.